The van der Waals surface area contributed by atoms with Crippen molar-refractivity contribution < 1.29 is 4.52 Å². The topological polar surface area (TPSA) is 63.0 Å². The Morgan fingerprint density at radius 1 is 0.958 bits per heavy atom. The van der Waals surface area contributed by atoms with E-state index in [0.717, 1.165) is 21.6 Å². The van der Waals surface area contributed by atoms with Gasteiger partial charge in [0.1, 0.15) is 10.4 Å². The normalized spacial score (nSPS) is 10.7. The number of rotatable bonds is 3. The molecule has 0 saturated carbocycles. The summed E-state index contributed by atoms with van der Waals surface area (Å²) in [5.41, 5.74) is 3.21. The molecule has 7 heteroatoms. The summed E-state index contributed by atoms with van der Waals surface area (Å²) in [7, 11) is 0. The second-order valence-electron chi connectivity index (χ2n) is 5.00. The quantitative estimate of drug-likeness (QED) is 0.518. The van der Waals surface area contributed by atoms with Crippen LogP contribution in [0.25, 0.3) is 21.7 Å². The fourth-order valence-electron chi connectivity index (χ4n) is 2.26. The Morgan fingerprint density at radius 2 is 1.67 bits per heavy atom. The van der Waals surface area contributed by atoms with Crippen molar-refractivity contribution in [3.63, 3.8) is 0 Å². The van der Waals surface area contributed by atoms with Crippen molar-refractivity contribution >= 4 is 49.9 Å². The highest BCUT2D eigenvalue weighted by molar-refractivity contribution is 7.80. The van der Waals surface area contributed by atoms with Crippen molar-refractivity contribution in [1.29, 1.82) is 0 Å². The summed E-state index contributed by atoms with van der Waals surface area (Å²) in [6, 6.07) is 19.6. The van der Waals surface area contributed by atoms with Gasteiger partial charge in [-0.25, -0.2) is 0 Å². The first-order chi connectivity index (χ1) is 11.8. The first-order valence-corrected chi connectivity index (χ1v) is 8.47. The summed E-state index contributed by atoms with van der Waals surface area (Å²) < 4.78 is 6.22. The van der Waals surface area contributed by atoms with Crippen molar-refractivity contribution in [1.82, 2.24) is 10.1 Å². The molecule has 0 aliphatic heterocycles. The number of benzene rings is 2. The fraction of sp³-hybridized carbons (Fsp3) is 0. The van der Waals surface area contributed by atoms with Gasteiger partial charge in [-0.1, -0.05) is 65.0 Å². The van der Waals surface area contributed by atoms with E-state index in [0.29, 0.717) is 16.0 Å². The standard InChI is InChI=1S/C17H12N4OS2/c23-16(18-12-9-5-2-6-10-12)20-17-19-15-14(24-17)13(21-22-15)11-7-3-1-4-8-11/h1-10H,(H2,18,19,20,23). The molecule has 0 saturated heterocycles. The number of fused-ring (bicyclic) bond motifs is 1. The van der Waals surface area contributed by atoms with Gasteiger partial charge in [-0.15, -0.1) is 0 Å². The van der Waals surface area contributed by atoms with Crippen molar-refractivity contribution in [3.05, 3.63) is 60.7 Å². The lowest BCUT2D eigenvalue weighted by Crippen LogP contribution is -2.18. The van der Waals surface area contributed by atoms with Gasteiger partial charge < -0.3 is 15.2 Å². The van der Waals surface area contributed by atoms with Crippen molar-refractivity contribution in [3.8, 4) is 11.3 Å². The highest BCUT2D eigenvalue weighted by Gasteiger charge is 2.16. The average Bonchev–Trinajstić information content (AvgIpc) is 3.16. The van der Waals surface area contributed by atoms with Crippen LogP contribution in [-0.2, 0) is 0 Å². The highest BCUT2D eigenvalue weighted by Crippen LogP contribution is 2.34. The van der Waals surface area contributed by atoms with Crippen LogP contribution in [0.1, 0.15) is 0 Å². The van der Waals surface area contributed by atoms with E-state index in [2.05, 4.69) is 20.8 Å². The van der Waals surface area contributed by atoms with Gasteiger partial charge in [0.2, 0.25) is 0 Å². The molecule has 2 aromatic heterocycles. The van der Waals surface area contributed by atoms with Crippen LogP contribution in [0.3, 0.4) is 0 Å². The molecule has 24 heavy (non-hydrogen) atoms. The zero-order chi connectivity index (χ0) is 16.4. The molecule has 0 aliphatic carbocycles. The molecule has 0 unspecified atom stereocenters. The minimum Gasteiger partial charge on any atom is -0.334 e. The summed E-state index contributed by atoms with van der Waals surface area (Å²) in [5, 5.41) is 11.5. The predicted octanol–water partition coefficient (Wildman–Crippen LogP) is 4.76. The van der Waals surface area contributed by atoms with E-state index in [-0.39, 0.29) is 0 Å². The maximum absolute atomic E-state index is 5.33. The third-order valence-electron chi connectivity index (χ3n) is 3.33. The minimum absolute atomic E-state index is 0.479. The van der Waals surface area contributed by atoms with Gasteiger partial charge >= 0.3 is 0 Å². The van der Waals surface area contributed by atoms with E-state index in [4.69, 9.17) is 16.7 Å². The molecule has 0 amide bonds. The van der Waals surface area contributed by atoms with Crippen LogP contribution in [0.2, 0.25) is 0 Å². The number of nitrogens with zero attached hydrogens (tertiary/aromatic N) is 2. The first kappa shape index (κ1) is 14.8. The van der Waals surface area contributed by atoms with Gasteiger partial charge in [0, 0.05) is 11.3 Å². The number of aromatic nitrogens is 2. The number of thiocarbonyl (C=S) groups is 1. The van der Waals surface area contributed by atoms with Crippen molar-refractivity contribution in [2.24, 2.45) is 0 Å². The maximum atomic E-state index is 5.33. The molecule has 0 atom stereocenters. The van der Waals surface area contributed by atoms with Crippen LogP contribution >= 0.6 is 23.6 Å². The van der Waals surface area contributed by atoms with E-state index in [9.17, 15) is 0 Å². The Bertz CT molecular complexity index is 980. The lowest BCUT2D eigenvalue weighted by Gasteiger charge is -2.07. The van der Waals surface area contributed by atoms with Gasteiger partial charge in [0.05, 0.1) is 0 Å². The van der Waals surface area contributed by atoms with E-state index >= 15 is 0 Å². The molecule has 0 aliphatic rings. The molecular weight excluding hydrogens is 340 g/mol. The van der Waals surface area contributed by atoms with Crippen LogP contribution in [0, 0.1) is 0 Å². The number of thiazole rings is 1. The van der Waals surface area contributed by atoms with Gasteiger partial charge in [-0.2, -0.15) is 4.98 Å². The molecule has 0 radical (unpaired) electrons. The van der Waals surface area contributed by atoms with E-state index in [1.165, 1.54) is 11.3 Å². The Kier molecular flexibility index (Phi) is 3.94. The highest BCUT2D eigenvalue weighted by atomic mass is 32.1. The fourth-order valence-corrected chi connectivity index (χ4v) is 3.44. The molecule has 118 valence electrons. The first-order valence-electron chi connectivity index (χ1n) is 7.24. The van der Waals surface area contributed by atoms with E-state index in [1.807, 2.05) is 60.7 Å². The third-order valence-corrected chi connectivity index (χ3v) is 4.50. The third kappa shape index (κ3) is 2.99. The summed E-state index contributed by atoms with van der Waals surface area (Å²) in [6.07, 6.45) is 0. The van der Waals surface area contributed by atoms with Crippen LogP contribution in [-0.4, -0.2) is 15.3 Å². The minimum atomic E-state index is 0.479. The van der Waals surface area contributed by atoms with Crippen LogP contribution < -0.4 is 10.6 Å². The number of para-hydroxylation sites is 1. The van der Waals surface area contributed by atoms with Crippen LogP contribution in [0.4, 0.5) is 10.8 Å². The Labute approximate surface area is 147 Å². The predicted molar refractivity (Wildman–Crippen MR) is 101 cm³/mol. The molecule has 2 aromatic carbocycles. The molecule has 0 bridgehead atoms. The molecule has 5 nitrogen and oxygen atoms in total. The maximum Gasteiger partial charge on any atom is 0.271 e. The summed E-state index contributed by atoms with van der Waals surface area (Å²) in [6.45, 7) is 0. The summed E-state index contributed by atoms with van der Waals surface area (Å²) in [5.74, 6) is 0. The average molecular weight is 352 g/mol. The smallest absolute Gasteiger partial charge is 0.271 e. The van der Waals surface area contributed by atoms with Gasteiger partial charge in [0.15, 0.2) is 10.2 Å². The molecule has 0 spiro atoms. The van der Waals surface area contributed by atoms with Gasteiger partial charge in [0.25, 0.3) is 5.71 Å². The Hall–Kier alpha value is -2.77. The van der Waals surface area contributed by atoms with Crippen molar-refractivity contribution in [2.75, 3.05) is 10.6 Å². The van der Waals surface area contributed by atoms with Crippen molar-refractivity contribution in [2.45, 2.75) is 0 Å². The molecule has 0 fully saturated rings. The summed E-state index contributed by atoms with van der Waals surface area (Å²) in [4.78, 5) is 4.39. The number of hydrogen-bond donors (Lipinski definition) is 2. The molecule has 2 heterocycles. The molecule has 4 rings (SSSR count). The zero-order valence-electron chi connectivity index (χ0n) is 12.4. The monoisotopic (exact) mass is 352 g/mol. The van der Waals surface area contributed by atoms with Gasteiger partial charge in [-0.05, 0) is 24.4 Å². The molecular formula is C17H12N4OS2. The zero-order valence-corrected chi connectivity index (χ0v) is 14.0. The number of anilines is 2. The number of nitrogens with one attached hydrogen (secondary N) is 2. The lowest BCUT2D eigenvalue weighted by molar-refractivity contribution is 0.452. The summed E-state index contributed by atoms with van der Waals surface area (Å²) >= 11 is 6.78. The van der Waals surface area contributed by atoms with E-state index < -0.39 is 0 Å². The molecule has 2 N–H and O–H groups in total. The van der Waals surface area contributed by atoms with Crippen LogP contribution in [0.15, 0.2) is 65.2 Å². The Balaban J connectivity index is 1.55. The number of hydrogen-bond acceptors (Lipinski definition) is 5. The van der Waals surface area contributed by atoms with E-state index in [1.54, 1.807) is 0 Å². The van der Waals surface area contributed by atoms with Gasteiger partial charge in [-0.3, -0.25) is 0 Å². The Morgan fingerprint density at radius 3 is 2.42 bits per heavy atom. The lowest BCUT2D eigenvalue weighted by atomic mass is 10.2. The SMILES string of the molecule is S=C(Nc1ccccc1)Nc1nc2onc(-c3ccccc3)c2s1. The second-order valence-corrected chi connectivity index (χ2v) is 6.40. The second kappa shape index (κ2) is 6.38. The largest absolute Gasteiger partial charge is 0.334 e. The van der Waals surface area contributed by atoms with Crippen LogP contribution in [0.5, 0.6) is 0 Å². The molecule has 4 aromatic rings.